The molecule has 5 rings (SSSR count). The second-order valence-electron chi connectivity index (χ2n) is 9.86. The van der Waals surface area contributed by atoms with Gasteiger partial charge in [-0.2, -0.15) is 0 Å². The SMILES string of the molecule is CC(C)N(C)c1cc2c(c(-c3cc4cc(CN5CCN(CCO)CC5)ccc4[nH]3)c1)C(=O)NC2. The van der Waals surface area contributed by atoms with Crippen LogP contribution in [0.1, 0.15) is 35.3 Å². The fourth-order valence-electron chi connectivity index (χ4n) is 5.07. The number of hydrogen-bond acceptors (Lipinski definition) is 5. The molecule has 1 fully saturated rings. The number of anilines is 1. The maximum atomic E-state index is 12.7. The number of β-amino-alcohol motifs (C(OH)–C–C–N with tert-alkyl or cyclic N) is 1. The topological polar surface area (TPSA) is 74.8 Å². The minimum atomic E-state index is 0.00318. The predicted molar refractivity (Wildman–Crippen MR) is 137 cm³/mol. The van der Waals surface area contributed by atoms with Crippen LogP contribution in [0.4, 0.5) is 5.69 Å². The molecule has 1 saturated heterocycles. The molecule has 2 aliphatic rings. The first kappa shape index (κ1) is 22.9. The zero-order valence-corrected chi connectivity index (χ0v) is 20.4. The lowest BCUT2D eigenvalue weighted by molar-refractivity contribution is 0.0966. The van der Waals surface area contributed by atoms with Crippen molar-refractivity contribution in [3.05, 3.63) is 53.1 Å². The van der Waals surface area contributed by atoms with E-state index in [2.05, 4.69) is 82.3 Å². The highest BCUT2D eigenvalue weighted by molar-refractivity contribution is 6.06. The zero-order chi connectivity index (χ0) is 23.8. The number of aromatic nitrogens is 1. The van der Waals surface area contributed by atoms with E-state index in [1.54, 1.807) is 0 Å². The molecule has 3 N–H and O–H groups in total. The molecular weight excluding hydrogens is 426 g/mol. The van der Waals surface area contributed by atoms with Crippen LogP contribution in [0.15, 0.2) is 36.4 Å². The van der Waals surface area contributed by atoms with Crippen LogP contribution in [0.3, 0.4) is 0 Å². The fourth-order valence-corrected chi connectivity index (χ4v) is 5.07. The number of carbonyl (C=O) groups is 1. The first-order valence-corrected chi connectivity index (χ1v) is 12.3. The normalized spacial score (nSPS) is 16.9. The summed E-state index contributed by atoms with van der Waals surface area (Å²) in [7, 11) is 2.10. The van der Waals surface area contributed by atoms with Gasteiger partial charge in [-0.15, -0.1) is 0 Å². The van der Waals surface area contributed by atoms with Crippen molar-refractivity contribution in [1.29, 1.82) is 0 Å². The molecule has 0 atom stereocenters. The van der Waals surface area contributed by atoms with Crippen LogP contribution < -0.4 is 10.2 Å². The van der Waals surface area contributed by atoms with Gasteiger partial charge in [-0.3, -0.25) is 14.6 Å². The van der Waals surface area contributed by atoms with Crippen molar-refractivity contribution in [2.24, 2.45) is 0 Å². The Bertz CT molecular complexity index is 1190. The summed E-state index contributed by atoms with van der Waals surface area (Å²) in [4.78, 5) is 23.3. The van der Waals surface area contributed by atoms with Crippen LogP contribution in [-0.4, -0.2) is 78.2 Å². The van der Waals surface area contributed by atoms with Gasteiger partial charge < -0.3 is 20.3 Å². The van der Waals surface area contributed by atoms with Crippen molar-refractivity contribution in [3.63, 3.8) is 0 Å². The largest absolute Gasteiger partial charge is 0.395 e. The van der Waals surface area contributed by atoms with Crippen molar-refractivity contribution < 1.29 is 9.90 Å². The van der Waals surface area contributed by atoms with E-state index in [-0.39, 0.29) is 12.5 Å². The Hall–Kier alpha value is -2.87. The smallest absolute Gasteiger partial charge is 0.252 e. The third kappa shape index (κ3) is 4.43. The van der Waals surface area contributed by atoms with Gasteiger partial charge in [-0.25, -0.2) is 0 Å². The molecule has 7 heteroatoms. The second kappa shape index (κ2) is 9.41. The third-order valence-electron chi connectivity index (χ3n) is 7.32. The molecule has 180 valence electrons. The van der Waals surface area contributed by atoms with Crippen molar-refractivity contribution in [2.75, 3.05) is 51.3 Å². The number of nitrogens with one attached hydrogen (secondary N) is 2. The number of hydrogen-bond donors (Lipinski definition) is 3. The number of piperazine rings is 1. The molecule has 3 aromatic rings. The Morgan fingerprint density at radius 3 is 2.56 bits per heavy atom. The summed E-state index contributed by atoms with van der Waals surface area (Å²) in [6.45, 7) is 10.9. The highest BCUT2D eigenvalue weighted by atomic mass is 16.3. The fraction of sp³-hybridized carbons (Fsp3) is 0.444. The summed E-state index contributed by atoms with van der Waals surface area (Å²) >= 11 is 0. The number of aliphatic hydroxyl groups excluding tert-OH is 1. The molecule has 7 nitrogen and oxygen atoms in total. The quantitative estimate of drug-likeness (QED) is 0.504. The molecule has 0 spiro atoms. The first-order valence-electron chi connectivity index (χ1n) is 12.3. The van der Waals surface area contributed by atoms with E-state index in [4.69, 9.17) is 5.11 Å². The molecule has 0 saturated carbocycles. The monoisotopic (exact) mass is 461 g/mol. The minimum Gasteiger partial charge on any atom is -0.395 e. The molecule has 0 bridgehead atoms. The lowest BCUT2D eigenvalue weighted by Gasteiger charge is -2.34. The molecule has 34 heavy (non-hydrogen) atoms. The molecule has 2 aliphatic heterocycles. The van der Waals surface area contributed by atoms with Crippen LogP contribution >= 0.6 is 0 Å². The van der Waals surface area contributed by atoms with Crippen molar-refractivity contribution in [1.82, 2.24) is 20.1 Å². The maximum absolute atomic E-state index is 12.7. The Kier molecular flexibility index (Phi) is 6.34. The number of aliphatic hydroxyl groups is 1. The Labute approximate surface area is 201 Å². The summed E-state index contributed by atoms with van der Waals surface area (Å²) in [5, 5.41) is 13.3. The van der Waals surface area contributed by atoms with Crippen LogP contribution in [0.2, 0.25) is 0 Å². The lowest BCUT2D eigenvalue weighted by Crippen LogP contribution is -2.46. The van der Waals surface area contributed by atoms with Gasteiger partial charge in [0, 0.05) is 86.8 Å². The number of carbonyl (C=O) groups excluding carboxylic acids is 1. The van der Waals surface area contributed by atoms with E-state index >= 15 is 0 Å². The molecule has 1 amide bonds. The number of amides is 1. The molecule has 1 aromatic heterocycles. The molecular formula is C27H35N5O2. The summed E-state index contributed by atoms with van der Waals surface area (Å²) < 4.78 is 0. The molecule has 2 aromatic carbocycles. The summed E-state index contributed by atoms with van der Waals surface area (Å²) in [5.41, 5.74) is 7.30. The van der Waals surface area contributed by atoms with Gasteiger partial charge in [0.25, 0.3) is 5.91 Å². The number of rotatable bonds is 7. The van der Waals surface area contributed by atoms with E-state index in [1.165, 1.54) is 10.9 Å². The third-order valence-corrected chi connectivity index (χ3v) is 7.32. The Morgan fingerprint density at radius 2 is 1.82 bits per heavy atom. The van der Waals surface area contributed by atoms with E-state index in [1.807, 2.05) is 0 Å². The number of nitrogens with zero attached hydrogens (tertiary/aromatic N) is 3. The summed E-state index contributed by atoms with van der Waals surface area (Å²) in [6, 6.07) is 13.4. The number of H-pyrrole nitrogens is 1. The first-order chi connectivity index (χ1) is 16.4. The van der Waals surface area contributed by atoms with Gasteiger partial charge in [-0.1, -0.05) is 6.07 Å². The van der Waals surface area contributed by atoms with E-state index in [0.717, 1.165) is 72.9 Å². The Balaban J connectivity index is 1.43. The van der Waals surface area contributed by atoms with Gasteiger partial charge in [0.15, 0.2) is 0 Å². The van der Waals surface area contributed by atoms with Crippen LogP contribution in [0.25, 0.3) is 22.2 Å². The van der Waals surface area contributed by atoms with Gasteiger partial charge in [-0.05, 0) is 55.3 Å². The highest BCUT2D eigenvalue weighted by Crippen LogP contribution is 2.35. The summed E-state index contributed by atoms with van der Waals surface area (Å²) in [5.74, 6) is 0.00318. The van der Waals surface area contributed by atoms with Gasteiger partial charge in [0.05, 0.1) is 12.2 Å². The van der Waals surface area contributed by atoms with Crippen molar-refractivity contribution in [3.8, 4) is 11.3 Å². The average molecular weight is 462 g/mol. The molecule has 0 radical (unpaired) electrons. The van der Waals surface area contributed by atoms with Crippen LogP contribution in [-0.2, 0) is 13.1 Å². The van der Waals surface area contributed by atoms with E-state index in [0.29, 0.717) is 12.6 Å². The van der Waals surface area contributed by atoms with Crippen LogP contribution in [0, 0.1) is 0 Å². The Morgan fingerprint density at radius 1 is 1.06 bits per heavy atom. The second-order valence-corrected chi connectivity index (χ2v) is 9.86. The average Bonchev–Trinajstić information content (AvgIpc) is 3.42. The van der Waals surface area contributed by atoms with Crippen molar-refractivity contribution >= 4 is 22.5 Å². The van der Waals surface area contributed by atoms with Gasteiger partial charge in [0.2, 0.25) is 0 Å². The summed E-state index contributed by atoms with van der Waals surface area (Å²) in [6.07, 6.45) is 0. The van der Waals surface area contributed by atoms with E-state index in [9.17, 15) is 4.79 Å². The number of aromatic amines is 1. The molecule has 0 unspecified atom stereocenters. The number of benzene rings is 2. The van der Waals surface area contributed by atoms with Crippen molar-refractivity contribution in [2.45, 2.75) is 33.0 Å². The number of fused-ring (bicyclic) bond motifs is 2. The van der Waals surface area contributed by atoms with E-state index < -0.39 is 0 Å². The van der Waals surface area contributed by atoms with Gasteiger partial charge >= 0.3 is 0 Å². The molecule has 3 heterocycles. The van der Waals surface area contributed by atoms with Gasteiger partial charge in [0.1, 0.15) is 0 Å². The lowest BCUT2D eigenvalue weighted by atomic mass is 9.98. The minimum absolute atomic E-state index is 0.00318. The standard InChI is InChI=1S/C27H35N5O2/c1-18(2)30(3)22-13-21-16-28-27(34)26(21)23(15-22)25-14-20-12-19(4-5-24(20)29-25)17-32-8-6-31(7-9-32)10-11-33/h4-5,12-15,18,29,33H,6-11,16-17H2,1-3H3,(H,28,34). The highest BCUT2D eigenvalue weighted by Gasteiger charge is 2.26. The van der Waals surface area contributed by atoms with Crippen LogP contribution in [0.5, 0.6) is 0 Å². The maximum Gasteiger partial charge on any atom is 0.252 e. The molecule has 0 aliphatic carbocycles. The zero-order valence-electron chi connectivity index (χ0n) is 20.4. The predicted octanol–water partition coefficient (Wildman–Crippen LogP) is 3.03.